The second kappa shape index (κ2) is 5.56. The van der Waals surface area contributed by atoms with Gasteiger partial charge in [0.1, 0.15) is 0 Å². The van der Waals surface area contributed by atoms with E-state index >= 15 is 0 Å². The van der Waals surface area contributed by atoms with Gasteiger partial charge in [-0.25, -0.2) is 0 Å². The molecular weight excluding hydrogens is 246 g/mol. The normalized spacial score (nSPS) is 22.8. The van der Waals surface area contributed by atoms with Crippen molar-refractivity contribution < 1.29 is 9.21 Å². The summed E-state index contributed by atoms with van der Waals surface area (Å²) < 4.78 is 5.59. The van der Waals surface area contributed by atoms with Crippen LogP contribution in [-0.4, -0.2) is 42.8 Å². The molecular formula is C12H21N5O2. The number of nitrogens with zero attached hydrogens (tertiary/aromatic N) is 3. The van der Waals surface area contributed by atoms with E-state index in [-0.39, 0.29) is 11.3 Å². The lowest BCUT2D eigenvalue weighted by atomic mass is 9.89. The van der Waals surface area contributed by atoms with Gasteiger partial charge in [-0.05, 0) is 19.9 Å². The van der Waals surface area contributed by atoms with Crippen LogP contribution in [0.25, 0.3) is 0 Å². The summed E-state index contributed by atoms with van der Waals surface area (Å²) in [5.74, 6) is 0.632. The summed E-state index contributed by atoms with van der Waals surface area (Å²) in [7, 11) is 1.66. The molecule has 0 spiro atoms. The molecule has 0 bridgehead atoms. The molecule has 1 aliphatic heterocycles. The Morgan fingerprint density at radius 1 is 1.53 bits per heavy atom. The fourth-order valence-corrected chi connectivity index (χ4v) is 2.29. The molecule has 1 saturated heterocycles. The number of nitrogens with one attached hydrogen (secondary N) is 2. The van der Waals surface area contributed by atoms with Crippen LogP contribution in [0.5, 0.6) is 0 Å². The fourth-order valence-electron chi connectivity index (χ4n) is 2.29. The molecule has 1 aromatic rings. The molecule has 2 rings (SSSR count). The van der Waals surface area contributed by atoms with Crippen LogP contribution in [-0.2, 0) is 11.3 Å². The van der Waals surface area contributed by atoms with Crippen molar-refractivity contribution in [3.05, 3.63) is 5.89 Å². The van der Waals surface area contributed by atoms with Crippen molar-refractivity contribution in [1.82, 2.24) is 20.8 Å². The number of carbonyl (C=O) groups is 1. The SMILES string of the molecule is CCNCc1nnc(N2CCC(C)(C(=O)NC)C2)o1. The number of hydrogen-bond donors (Lipinski definition) is 2. The molecule has 0 saturated carbocycles. The summed E-state index contributed by atoms with van der Waals surface area (Å²) in [6.07, 6.45) is 0.789. The Kier molecular flexibility index (Phi) is 4.04. The van der Waals surface area contributed by atoms with E-state index in [1.165, 1.54) is 0 Å². The van der Waals surface area contributed by atoms with E-state index in [0.717, 1.165) is 19.5 Å². The molecule has 1 aliphatic rings. The van der Waals surface area contributed by atoms with Crippen LogP contribution in [0, 0.1) is 5.41 Å². The van der Waals surface area contributed by atoms with Gasteiger partial charge in [0.2, 0.25) is 11.8 Å². The third-order valence-electron chi connectivity index (χ3n) is 3.50. The van der Waals surface area contributed by atoms with E-state index in [0.29, 0.717) is 25.0 Å². The highest BCUT2D eigenvalue weighted by molar-refractivity contribution is 5.83. The van der Waals surface area contributed by atoms with Gasteiger partial charge in [0.25, 0.3) is 0 Å². The molecule has 1 atom stereocenters. The maximum Gasteiger partial charge on any atom is 0.318 e. The van der Waals surface area contributed by atoms with E-state index in [9.17, 15) is 4.79 Å². The van der Waals surface area contributed by atoms with Crippen LogP contribution >= 0.6 is 0 Å². The second-order valence-electron chi connectivity index (χ2n) is 5.07. The summed E-state index contributed by atoms with van der Waals surface area (Å²) in [6.45, 7) is 6.77. The molecule has 1 fully saturated rings. The maximum atomic E-state index is 11.8. The molecule has 106 valence electrons. The van der Waals surface area contributed by atoms with Crippen LogP contribution in [0.1, 0.15) is 26.2 Å². The Morgan fingerprint density at radius 3 is 3.00 bits per heavy atom. The first-order valence-electron chi connectivity index (χ1n) is 6.59. The largest absolute Gasteiger partial charge is 0.407 e. The second-order valence-corrected chi connectivity index (χ2v) is 5.07. The van der Waals surface area contributed by atoms with Gasteiger partial charge in [0.15, 0.2) is 0 Å². The lowest BCUT2D eigenvalue weighted by Crippen LogP contribution is -2.39. The molecule has 1 aromatic heterocycles. The van der Waals surface area contributed by atoms with Crippen molar-refractivity contribution in [1.29, 1.82) is 0 Å². The van der Waals surface area contributed by atoms with Gasteiger partial charge in [-0.15, -0.1) is 5.10 Å². The predicted octanol–water partition coefficient (Wildman–Crippen LogP) is 0.142. The van der Waals surface area contributed by atoms with Gasteiger partial charge in [-0.1, -0.05) is 12.0 Å². The Bertz CT molecular complexity index is 447. The molecule has 0 aromatic carbocycles. The third-order valence-corrected chi connectivity index (χ3v) is 3.50. The highest BCUT2D eigenvalue weighted by Gasteiger charge is 2.41. The zero-order valence-electron chi connectivity index (χ0n) is 11.7. The number of aromatic nitrogens is 2. The number of amides is 1. The summed E-state index contributed by atoms with van der Waals surface area (Å²) >= 11 is 0. The predicted molar refractivity (Wildman–Crippen MR) is 70.7 cm³/mol. The molecule has 7 heteroatoms. The van der Waals surface area contributed by atoms with Crippen molar-refractivity contribution in [2.75, 3.05) is 31.6 Å². The quantitative estimate of drug-likeness (QED) is 0.789. The summed E-state index contributed by atoms with van der Waals surface area (Å²) in [4.78, 5) is 13.8. The van der Waals surface area contributed by atoms with Crippen molar-refractivity contribution in [3.63, 3.8) is 0 Å². The minimum absolute atomic E-state index is 0.0578. The van der Waals surface area contributed by atoms with Crippen LogP contribution in [0.2, 0.25) is 0 Å². The van der Waals surface area contributed by atoms with Crippen molar-refractivity contribution in [2.24, 2.45) is 5.41 Å². The lowest BCUT2D eigenvalue weighted by molar-refractivity contribution is -0.128. The smallest absolute Gasteiger partial charge is 0.318 e. The average molecular weight is 267 g/mol. The molecule has 2 heterocycles. The van der Waals surface area contributed by atoms with Crippen LogP contribution in [0.4, 0.5) is 6.01 Å². The standard InChI is InChI=1S/C12H21N5O2/c1-4-14-7-9-15-16-11(19-9)17-6-5-12(2,8-17)10(18)13-3/h14H,4-8H2,1-3H3,(H,13,18). The third kappa shape index (κ3) is 2.86. The Labute approximate surface area is 112 Å². The average Bonchev–Trinajstić information content (AvgIpc) is 3.02. The summed E-state index contributed by atoms with van der Waals surface area (Å²) in [6, 6.07) is 0.500. The van der Waals surface area contributed by atoms with Crippen LogP contribution in [0.15, 0.2) is 4.42 Å². The number of hydrogen-bond acceptors (Lipinski definition) is 6. The van der Waals surface area contributed by atoms with Gasteiger partial charge >= 0.3 is 6.01 Å². The zero-order chi connectivity index (χ0) is 13.9. The van der Waals surface area contributed by atoms with Crippen LogP contribution < -0.4 is 15.5 Å². The number of rotatable bonds is 5. The van der Waals surface area contributed by atoms with Gasteiger partial charge in [0.05, 0.1) is 12.0 Å². The number of anilines is 1. The molecule has 1 unspecified atom stereocenters. The van der Waals surface area contributed by atoms with E-state index in [1.54, 1.807) is 7.05 Å². The van der Waals surface area contributed by atoms with Gasteiger partial charge in [-0.2, -0.15) is 0 Å². The minimum atomic E-state index is -0.384. The van der Waals surface area contributed by atoms with E-state index in [4.69, 9.17) is 4.42 Å². The Balaban J connectivity index is 2.00. The lowest BCUT2D eigenvalue weighted by Gasteiger charge is -2.21. The van der Waals surface area contributed by atoms with Crippen molar-refractivity contribution in [2.45, 2.75) is 26.8 Å². The van der Waals surface area contributed by atoms with E-state index < -0.39 is 0 Å². The monoisotopic (exact) mass is 267 g/mol. The van der Waals surface area contributed by atoms with Gasteiger partial charge < -0.3 is 20.0 Å². The zero-order valence-corrected chi connectivity index (χ0v) is 11.7. The topological polar surface area (TPSA) is 83.3 Å². The molecule has 0 radical (unpaired) electrons. The van der Waals surface area contributed by atoms with E-state index in [2.05, 4.69) is 20.8 Å². The van der Waals surface area contributed by atoms with Crippen molar-refractivity contribution >= 4 is 11.9 Å². The van der Waals surface area contributed by atoms with Gasteiger partial charge in [0, 0.05) is 20.1 Å². The number of carbonyl (C=O) groups excluding carboxylic acids is 1. The summed E-state index contributed by atoms with van der Waals surface area (Å²) in [5, 5.41) is 13.9. The maximum absolute atomic E-state index is 11.8. The Morgan fingerprint density at radius 2 is 2.32 bits per heavy atom. The fraction of sp³-hybridized carbons (Fsp3) is 0.750. The van der Waals surface area contributed by atoms with Crippen molar-refractivity contribution in [3.8, 4) is 0 Å². The first-order valence-corrected chi connectivity index (χ1v) is 6.59. The highest BCUT2D eigenvalue weighted by atomic mass is 16.4. The Hall–Kier alpha value is -1.63. The molecule has 7 nitrogen and oxygen atoms in total. The van der Waals surface area contributed by atoms with Crippen LogP contribution in [0.3, 0.4) is 0 Å². The van der Waals surface area contributed by atoms with Gasteiger partial charge in [-0.3, -0.25) is 4.79 Å². The first kappa shape index (κ1) is 13.8. The minimum Gasteiger partial charge on any atom is -0.407 e. The first-order chi connectivity index (χ1) is 9.09. The molecule has 19 heavy (non-hydrogen) atoms. The summed E-state index contributed by atoms with van der Waals surface area (Å²) in [5.41, 5.74) is -0.384. The molecule has 2 N–H and O–H groups in total. The van der Waals surface area contributed by atoms with E-state index in [1.807, 2.05) is 18.7 Å². The molecule has 0 aliphatic carbocycles. The highest BCUT2D eigenvalue weighted by Crippen LogP contribution is 2.32. The molecule has 1 amide bonds.